The normalized spacial score (nSPS) is 10.4. The van der Waals surface area contributed by atoms with E-state index in [4.69, 9.17) is 4.74 Å². The summed E-state index contributed by atoms with van der Waals surface area (Å²) < 4.78 is 5.18. The lowest BCUT2D eigenvalue weighted by Crippen LogP contribution is -2.28. The molecule has 0 bridgehead atoms. The molecule has 122 valence electrons. The van der Waals surface area contributed by atoms with Crippen molar-refractivity contribution in [1.82, 2.24) is 15.3 Å². The third kappa shape index (κ3) is 4.17. The van der Waals surface area contributed by atoms with E-state index in [1.807, 2.05) is 43.3 Å². The predicted molar refractivity (Wildman–Crippen MR) is 94.3 cm³/mol. The van der Waals surface area contributed by atoms with E-state index >= 15 is 0 Å². The molecule has 3 rings (SSSR count). The van der Waals surface area contributed by atoms with Gasteiger partial charge in [0, 0.05) is 24.0 Å². The van der Waals surface area contributed by atoms with Crippen molar-refractivity contribution in [3.8, 4) is 16.5 Å². The molecule has 1 aromatic carbocycles. The van der Waals surface area contributed by atoms with E-state index in [0.29, 0.717) is 18.7 Å². The summed E-state index contributed by atoms with van der Waals surface area (Å²) in [7, 11) is 0. The van der Waals surface area contributed by atoms with Crippen molar-refractivity contribution in [2.24, 2.45) is 0 Å². The first-order valence-electron chi connectivity index (χ1n) is 7.61. The number of nitrogens with one attached hydrogen (secondary N) is 1. The topological polar surface area (TPSA) is 64.1 Å². The first-order chi connectivity index (χ1) is 11.7. The smallest absolute Gasteiger partial charge is 0.410 e. The number of amides is 1. The highest BCUT2D eigenvalue weighted by atomic mass is 32.1. The molecule has 0 fully saturated rings. The minimum atomic E-state index is -0.451. The maximum atomic E-state index is 11.8. The summed E-state index contributed by atoms with van der Waals surface area (Å²) in [5.41, 5.74) is 1.84. The number of aromatic nitrogens is 2. The largest absolute Gasteiger partial charge is 0.412 e. The van der Waals surface area contributed by atoms with Crippen LogP contribution in [-0.4, -0.2) is 22.6 Å². The number of pyridine rings is 1. The number of hydrogen-bond acceptors (Lipinski definition) is 5. The van der Waals surface area contributed by atoms with E-state index in [-0.39, 0.29) is 0 Å². The standard InChI is InChI=1S/C18H17N3O2S/c1-13-16(24-17(21-13)15-9-5-6-11-19-15)10-12-20-18(22)23-14-7-3-2-4-8-14/h2-9,11H,10,12H2,1H3,(H,20,22). The molecule has 1 N–H and O–H groups in total. The number of carbonyl (C=O) groups excluding carboxylic acids is 1. The molecule has 2 heterocycles. The van der Waals surface area contributed by atoms with Crippen LogP contribution in [0.2, 0.25) is 0 Å². The van der Waals surface area contributed by atoms with Gasteiger partial charge in [0.05, 0.1) is 11.4 Å². The summed E-state index contributed by atoms with van der Waals surface area (Å²) in [6.07, 6.45) is 2.01. The van der Waals surface area contributed by atoms with Gasteiger partial charge in [-0.3, -0.25) is 4.98 Å². The van der Waals surface area contributed by atoms with Crippen LogP contribution < -0.4 is 10.1 Å². The van der Waals surface area contributed by atoms with Crippen LogP contribution in [0.4, 0.5) is 4.79 Å². The lowest BCUT2D eigenvalue weighted by molar-refractivity contribution is 0.200. The van der Waals surface area contributed by atoms with Crippen LogP contribution in [-0.2, 0) is 6.42 Å². The van der Waals surface area contributed by atoms with Crippen molar-refractivity contribution in [2.45, 2.75) is 13.3 Å². The molecule has 0 aliphatic heterocycles. The SMILES string of the molecule is Cc1nc(-c2ccccn2)sc1CCNC(=O)Oc1ccccc1. The Kier molecular flexibility index (Phi) is 5.18. The van der Waals surface area contributed by atoms with Crippen LogP contribution in [0.15, 0.2) is 54.7 Å². The average Bonchev–Trinajstić information content (AvgIpc) is 2.98. The van der Waals surface area contributed by atoms with Gasteiger partial charge in [-0.25, -0.2) is 9.78 Å². The lowest BCUT2D eigenvalue weighted by atomic mass is 10.3. The van der Waals surface area contributed by atoms with Crippen LogP contribution in [0.25, 0.3) is 10.7 Å². The average molecular weight is 339 g/mol. The van der Waals surface area contributed by atoms with E-state index in [2.05, 4.69) is 15.3 Å². The van der Waals surface area contributed by atoms with E-state index < -0.39 is 6.09 Å². The number of hydrogen-bond donors (Lipinski definition) is 1. The number of para-hydroxylation sites is 1. The molecule has 0 atom stereocenters. The van der Waals surface area contributed by atoms with Crippen molar-refractivity contribution in [3.05, 3.63) is 65.3 Å². The second kappa shape index (κ2) is 7.70. The molecule has 0 aliphatic rings. The summed E-state index contributed by atoms with van der Waals surface area (Å²) in [5, 5.41) is 3.66. The van der Waals surface area contributed by atoms with Gasteiger partial charge in [0.1, 0.15) is 10.8 Å². The highest BCUT2D eigenvalue weighted by Crippen LogP contribution is 2.26. The van der Waals surface area contributed by atoms with Crippen molar-refractivity contribution in [1.29, 1.82) is 0 Å². The van der Waals surface area contributed by atoms with Gasteiger partial charge >= 0.3 is 6.09 Å². The van der Waals surface area contributed by atoms with Gasteiger partial charge in [-0.15, -0.1) is 11.3 Å². The van der Waals surface area contributed by atoms with Crippen LogP contribution in [0.5, 0.6) is 5.75 Å². The fraction of sp³-hybridized carbons (Fsp3) is 0.167. The van der Waals surface area contributed by atoms with Crippen molar-refractivity contribution in [3.63, 3.8) is 0 Å². The summed E-state index contributed by atoms with van der Waals surface area (Å²) >= 11 is 1.60. The van der Waals surface area contributed by atoms with Gasteiger partial charge in [-0.2, -0.15) is 0 Å². The lowest BCUT2D eigenvalue weighted by Gasteiger charge is -2.05. The zero-order valence-corrected chi connectivity index (χ0v) is 14.0. The molecule has 0 spiro atoms. The third-order valence-electron chi connectivity index (χ3n) is 3.35. The minimum absolute atomic E-state index is 0.451. The molecule has 24 heavy (non-hydrogen) atoms. The summed E-state index contributed by atoms with van der Waals surface area (Å²) in [4.78, 5) is 21.8. The van der Waals surface area contributed by atoms with Crippen molar-refractivity contribution in [2.75, 3.05) is 6.54 Å². The molecular weight excluding hydrogens is 322 g/mol. The third-order valence-corrected chi connectivity index (χ3v) is 4.59. The van der Waals surface area contributed by atoms with Crippen LogP contribution >= 0.6 is 11.3 Å². The second-order valence-electron chi connectivity index (χ2n) is 5.12. The number of carbonyl (C=O) groups is 1. The van der Waals surface area contributed by atoms with E-state index in [1.165, 1.54) is 0 Å². The van der Waals surface area contributed by atoms with Crippen molar-refractivity contribution < 1.29 is 9.53 Å². The number of rotatable bonds is 5. The molecule has 1 amide bonds. The zero-order chi connectivity index (χ0) is 16.8. The second-order valence-corrected chi connectivity index (χ2v) is 6.21. The molecule has 0 saturated carbocycles. The maximum absolute atomic E-state index is 11.8. The quantitative estimate of drug-likeness (QED) is 0.767. The molecule has 5 nitrogen and oxygen atoms in total. The number of aryl methyl sites for hydroxylation is 1. The molecule has 6 heteroatoms. The fourth-order valence-electron chi connectivity index (χ4n) is 2.17. The Balaban J connectivity index is 1.54. The highest BCUT2D eigenvalue weighted by molar-refractivity contribution is 7.15. The number of benzene rings is 1. The van der Waals surface area contributed by atoms with Crippen LogP contribution in [0, 0.1) is 6.92 Å². The maximum Gasteiger partial charge on any atom is 0.412 e. The molecule has 0 saturated heterocycles. The Morgan fingerprint density at radius 1 is 1.17 bits per heavy atom. The number of nitrogens with zero attached hydrogens (tertiary/aromatic N) is 2. The fourth-order valence-corrected chi connectivity index (χ4v) is 3.21. The summed E-state index contributed by atoms with van der Waals surface area (Å²) in [5.74, 6) is 0.529. The molecule has 0 unspecified atom stereocenters. The Labute approximate surface area is 144 Å². The number of ether oxygens (including phenoxy) is 1. The van der Waals surface area contributed by atoms with E-state index in [9.17, 15) is 4.79 Å². The molecule has 0 aliphatic carbocycles. The van der Waals surface area contributed by atoms with Crippen LogP contribution in [0.3, 0.4) is 0 Å². The Bertz CT molecular complexity index is 804. The molecule has 3 aromatic rings. The Morgan fingerprint density at radius 2 is 1.96 bits per heavy atom. The highest BCUT2D eigenvalue weighted by Gasteiger charge is 2.11. The van der Waals surface area contributed by atoms with Gasteiger partial charge in [0.15, 0.2) is 0 Å². The summed E-state index contributed by atoms with van der Waals surface area (Å²) in [6, 6.07) is 14.8. The summed E-state index contributed by atoms with van der Waals surface area (Å²) in [6.45, 7) is 2.47. The number of thiazole rings is 1. The molecular formula is C18H17N3O2S. The zero-order valence-electron chi connectivity index (χ0n) is 13.2. The van der Waals surface area contributed by atoms with Crippen molar-refractivity contribution >= 4 is 17.4 Å². The van der Waals surface area contributed by atoms with E-state index in [0.717, 1.165) is 21.3 Å². The monoisotopic (exact) mass is 339 g/mol. The molecule has 2 aromatic heterocycles. The van der Waals surface area contributed by atoms with Crippen LogP contribution in [0.1, 0.15) is 10.6 Å². The van der Waals surface area contributed by atoms with Gasteiger partial charge < -0.3 is 10.1 Å². The van der Waals surface area contributed by atoms with E-state index in [1.54, 1.807) is 29.7 Å². The molecule has 0 radical (unpaired) electrons. The Hall–Kier alpha value is -2.73. The first-order valence-corrected chi connectivity index (χ1v) is 8.42. The predicted octanol–water partition coefficient (Wildman–Crippen LogP) is 3.84. The van der Waals surface area contributed by atoms with Gasteiger partial charge in [0.2, 0.25) is 0 Å². The first kappa shape index (κ1) is 16.1. The van der Waals surface area contributed by atoms with Gasteiger partial charge in [-0.1, -0.05) is 24.3 Å². The minimum Gasteiger partial charge on any atom is -0.410 e. The Morgan fingerprint density at radius 3 is 2.71 bits per heavy atom. The van der Waals surface area contributed by atoms with Gasteiger partial charge in [-0.05, 0) is 31.2 Å². The van der Waals surface area contributed by atoms with Gasteiger partial charge in [0.25, 0.3) is 0 Å².